The van der Waals surface area contributed by atoms with Crippen molar-refractivity contribution in [3.05, 3.63) is 70.7 Å². The summed E-state index contributed by atoms with van der Waals surface area (Å²) in [7, 11) is -0.0465. The average Bonchev–Trinajstić information content (AvgIpc) is 3.34. The third-order valence-corrected chi connectivity index (χ3v) is 14.1. The van der Waals surface area contributed by atoms with Gasteiger partial charge in [0.15, 0.2) is 0 Å². The molecule has 3 saturated carbocycles. The molecule has 36 heavy (non-hydrogen) atoms. The van der Waals surface area contributed by atoms with Crippen molar-refractivity contribution < 1.29 is 16.5 Å². The van der Waals surface area contributed by atoms with Crippen LogP contribution in [0.2, 0.25) is 0 Å². The van der Waals surface area contributed by atoms with Crippen molar-refractivity contribution in [2.24, 2.45) is 0 Å². The third-order valence-electron chi connectivity index (χ3n) is 9.55. The zero-order chi connectivity index (χ0) is 23.7. The van der Waals surface area contributed by atoms with Crippen LogP contribution < -0.4 is 0 Å². The number of rotatable bonds is 5. The van der Waals surface area contributed by atoms with Gasteiger partial charge < -0.3 is 5.32 Å². The molecule has 1 atom stereocenters. The van der Waals surface area contributed by atoms with E-state index in [1.165, 1.54) is 28.1 Å². The van der Waals surface area contributed by atoms with Gasteiger partial charge in [0, 0.05) is 24.4 Å². The van der Waals surface area contributed by atoms with Crippen molar-refractivity contribution in [1.82, 2.24) is 0 Å². The van der Waals surface area contributed by atoms with E-state index >= 15 is 0 Å². The minimum atomic E-state index is -0.0465. The Balaban J connectivity index is 0.000000167. The zero-order valence-electron chi connectivity index (χ0n) is 22.4. The van der Waals surface area contributed by atoms with Crippen LogP contribution in [0, 0.1) is 0 Å². The summed E-state index contributed by atoms with van der Waals surface area (Å²) >= 11 is 0. The van der Waals surface area contributed by atoms with Gasteiger partial charge in [-0.1, -0.05) is 62.5 Å². The molecule has 202 valence electrons. The number of allylic oxidation sites excluding steroid dienone is 4. The van der Waals surface area contributed by atoms with Crippen molar-refractivity contribution in [3.63, 3.8) is 0 Å². The summed E-state index contributed by atoms with van der Waals surface area (Å²) in [6.07, 6.45) is 39.7. The van der Waals surface area contributed by atoms with Gasteiger partial charge >= 0.3 is 0 Å². The van der Waals surface area contributed by atoms with Crippen LogP contribution in [0.5, 0.6) is 0 Å². The maximum Gasteiger partial charge on any atom is 0.0680 e. The molecule has 1 aliphatic heterocycles. The number of fused-ring (bicyclic) bond motifs is 1. The van der Waals surface area contributed by atoms with E-state index in [1.54, 1.807) is 102 Å². The topological polar surface area (TPSA) is 14.1 Å². The Hall–Kier alpha value is -0.706. The van der Waals surface area contributed by atoms with Crippen LogP contribution in [0.3, 0.4) is 0 Å². The molecule has 0 spiro atoms. The number of hydrogen-bond acceptors (Lipinski definition) is 0. The number of nitrogens with zero attached hydrogens (tertiary/aromatic N) is 1. The second-order valence-corrected chi connectivity index (χ2v) is 15.3. The molecule has 1 nitrogen and oxygen atoms in total. The Kier molecular flexibility index (Phi) is 11.8. The first-order valence-electron chi connectivity index (χ1n) is 15.2. The second kappa shape index (κ2) is 15.0. The molecule has 0 N–H and O–H groups in total. The van der Waals surface area contributed by atoms with E-state index in [1.807, 2.05) is 12.3 Å². The van der Waals surface area contributed by atoms with Gasteiger partial charge in [-0.3, -0.25) is 0 Å². The van der Waals surface area contributed by atoms with E-state index in [4.69, 9.17) is 0 Å². The molecule has 1 aromatic rings. The summed E-state index contributed by atoms with van der Waals surface area (Å²) in [5.41, 5.74) is 8.21. The fraction of sp³-hybridized carbons (Fsp3) is 0.667. The first-order chi connectivity index (χ1) is 17.4. The largest absolute Gasteiger partial charge is 0.685 e. The van der Waals surface area contributed by atoms with Crippen LogP contribution >= 0.6 is 7.92 Å². The zero-order valence-corrected chi connectivity index (χ0v) is 24.4. The Bertz CT molecular complexity index is 806. The molecule has 0 aromatic heterocycles. The Labute approximate surface area is 233 Å². The minimum Gasteiger partial charge on any atom is -0.685 e. The van der Waals surface area contributed by atoms with Crippen molar-refractivity contribution in [2.75, 3.05) is 0 Å². The standard InChI is InChI=1S/C18H33P.C15H15N.Ni/c1-4-10-16(11-5-1)19(17-12-6-2-7-13-17)18-14-8-3-9-15-18;1-2-7-15-12(5-1)8-9-13(15)11-14-6-3-4-10-16-14;/h16-18H,1-15H2;1-4,6,8-10,14H,5,7,11H2;/q;-2;/p+1. The maximum absolute atomic E-state index is 4.47. The Morgan fingerprint density at radius 2 is 1.28 bits per heavy atom. The van der Waals surface area contributed by atoms with Crippen LogP contribution in [0.1, 0.15) is 113 Å². The molecule has 0 saturated heterocycles. The first kappa shape index (κ1) is 28.3. The molecular formula is C33H49NNiP-. The van der Waals surface area contributed by atoms with E-state index in [9.17, 15) is 0 Å². The van der Waals surface area contributed by atoms with Crippen molar-refractivity contribution in [2.45, 2.75) is 139 Å². The third kappa shape index (κ3) is 7.67. The quantitative estimate of drug-likeness (QED) is 0.150. The number of hydrogen-bond donors (Lipinski definition) is 0. The van der Waals surface area contributed by atoms with E-state index in [0.29, 0.717) is 6.04 Å². The minimum absolute atomic E-state index is 0. The van der Waals surface area contributed by atoms with Crippen LogP contribution in [-0.4, -0.2) is 23.0 Å². The fourth-order valence-electron chi connectivity index (χ4n) is 7.77. The molecule has 6 rings (SSSR count). The predicted octanol–water partition coefficient (Wildman–Crippen LogP) is 9.62. The summed E-state index contributed by atoms with van der Waals surface area (Å²) in [4.78, 5) is 0. The van der Waals surface area contributed by atoms with Gasteiger partial charge in [-0.15, -0.1) is 6.04 Å². The van der Waals surface area contributed by atoms with Gasteiger partial charge in [0.05, 0.1) is 17.0 Å². The van der Waals surface area contributed by atoms with Crippen LogP contribution in [-0.2, 0) is 35.8 Å². The van der Waals surface area contributed by atoms with E-state index in [2.05, 4.69) is 41.8 Å². The monoisotopic (exact) mass is 548 g/mol. The first-order valence-corrected chi connectivity index (χ1v) is 16.9. The van der Waals surface area contributed by atoms with Crippen molar-refractivity contribution in [3.8, 4) is 0 Å². The molecule has 4 aliphatic carbocycles. The molecule has 5 aliphatic rings. The molecule has 0 amide bonds. The molecule has 1 aromatic carbocycles. The van der Waals surface area contributed by atoms with Gasteiger partial charge in [-0.05, 0) is 83.5 Å². The van der Waals surface area contributed by atoms with E-state index in [-0.39, 0.29) is 24.4 Å². The molecule has 1 unspecified atom stereocenters. The van der Waals surface area contributed by atoms with Crippen molar-refractivity contribution >= 4 is 7.92 Å². The van der Waals surface area contributed by atoms with Gasteiger partial charge in [0.1, 0.15) is 0 Å². The van der Waals surface area contributed by atoms with Crippen LogP contribution in [0.4, 0.5) is 0 Å². The smallest absolute Gasteiger partial charge is 0.0680 e. The predicted molar refractivity (Wildman–Crippen MR) is 157 cm³/mol. The molecule has 3 heteroatoms. The Morgan fingerprint density at radius 1 is 0.722 bits per heavy atom. The van der Waals surface area contributed by atoms with Gasteiger partial charge in [-0.2, -0.15) is 29.0 Å². The molecule has 0 radical (unpaired) electrons. The maximum atomic E-state index is 4.47. The van der Waals surface area contributed by atoms with E-state index in [0.717, 1.165) is 19.3 Å². The molecule has 3 fully saturated rings. The van der Waals surface area contributed by atoms with Crippen LogP contribution in [0.25, 0.3) is 5.32 Å². The van der Waals surface area contributed by atoms with E-state index < -0.39 is 0 Å². The molecule has 1 heterocycles. The van der Waals surface area contributed by atoms with Gasteiger partial charge in [-0.25, -0.2) is 6.07 Å². The van der Waals surface area contributed by atoms with Crippen molar-refractivity contribution in [1.29, 1.82) is 0 Å². The molecular weight excluding hydrogens is 500 g/mol. The Morgan fingerprint density at radius 3 is 1.81 bits per heavy atom. The average molecular weight is 549 g/mol. The SMILES string of the molecule is C1=C[N-]C(C[c-]2ccc3c2CC=CC3)C=C1.C1CCC([PH+](C2CCCCC2)C2CCCCC2)CC1.[Ni]. The normalized spacial score (nSPS) is 25.0. The molecule has 0 bridgehead atoms. The summed E-state index contributed by atoms with van der Waals surface area (Å²) < 4.78 is 0. The van der Waals surface area contributed by atoms with Gasteiger partial charge in [0.25, 0.3) is 0 Å². The second-order valence-electron chi connectivity index (χ2n) is 11.9. The summed E-state index contributed by atoms with van der Waals surface area (Å²) in [6.45, 7) is 0. The summed E-state index contributed by atoms with van der Waals surface area (Å²) in [6, 6.07) is 4.89. The summed E-state index contributed by atoms with van der Waals surface area (Å²) in [5, 5.41) is 4.47. The van der Waals surface area contributed by atoms with Crippen LogP contribution in [0.15, 0.2) is 48.7 Å². The van der Waals surface area contributed by atoms with Gasteiger partial charge in [0.2, 0.25) is 0 Å². The fourth-order valence-corrected chi connectivity index (χ4v) is 13.0. The summed E-state index contributed by atoms with van der Waals surface area (Å²) in [5.74, 6) is 0.